The van der Waals surface area contributed by atoms with Crippen molar-refractivity contribution in [2.75, 3.05) is 37.6 Å². The largest absolute Gasteiger partial charge is 0.366 e. The van der Waals surface area contributed by atoms with E-state index in [9.17, 15) is 14.0 Å². The van der Waals surface area contributed by atoms with Crippen LogP contribution in [0.2, 0.25) is 0 Å². The maximum Gasteiger partial charge on any atom is 0.264 e. The highest BCUT2D eigenvalue weighted by atomic mass is 32.1. The number of carbonyl (C=O) groups is 2. The standard InChI is InChI=1S/C20H22FN3O2S/c1-14(25)24-7-6-18-15(13-24)12-19(27-18)20(26)23-10-8-22(9-11-23)17-5-3-2-4-16(17)21/h2-5,12H,6-11,13H2,1H3. The van der Waals surface area contributed by atoms with Crippen molar-refractivity contribution in [1.29, 1.82) is 0 Å². The molecule has 1 aromatic carbocycles. The fourth-order valence-corrected chi connectivity index (χ4v) is 4.85. The first-order valence-electron chi connectivity index (χ1n) is 9.19. The SMILES string of the molecule is CC(=O)N1CCc2sc(C(=O)N3CCN(c4ccccc4F)CC3)cc2C1. The highest BCUT2D eigenvalue weighted by Crippen LogP contribution is 2.29. The Balaban J connectivity index is 1.42. The number of anilines is 1. The van der Waals surface area contributed by atoms with E-state index in [2.05, 4.69) is 0 Å². The number of hydrogen-bond donors (Lipinski definition) is 0. The third-order valence-electron chi connectivity index (χ3n) is 5.28. The molecule has 27 heavy (non-hydrogen) atoms. The van der Waals surface area contributed by atoms with Crippen LogP contribution in [0.15, 0.2) is 30.3 Å². The molecule has 0 aliphatic carbocycles. The topological polar surface area (TPSA) is 43.9 Å². The van der Waals surface area contributed by atoms with Crippen LogP contribution in [0.3, 0.4) is 0 Å². The third-order valence-corrected chi connectivity index (χ3v) is 6.51. The summed E-state index contributed by atoms with van der Waals surface area (Å²) >= 11 is 1.55. The van der Waals surface area contributed by atoms with Crippen molar-refractivity contribution in [3.05, 3.63) is 51.5 Å². The Hall–Kier alpha value is -2.41. The summed E-state index contributed by atoms with van der Waals surface area (Å²) in [5, 5.41) is 0. The Morgan fingerprint density at radius 2 is 1.78 bits per heavy atom. The summed E-state index contributed by atoms with van der Waals surface area (Å²) in [6.07, 6.45) is 0.813. The van der Waals surface area contributed by atoms with Gasteiger partial charge in [0.25, 0.3) is 5.91 Å². The Morgan fingerprint density at radius 3 is 2.48 bits per heavy atom. The van der Waals surface area contributed by atoms with Crippen molar-refractivity contribution in [3.8, 4) is 0 Å². The molecule has 7 heteroatoms. The van der Waals surface area contributed by atoms with Gasteiger partial charge < -0.3 is 14.7 Å². The summed E-state index contributed by atoms with van der Waals surface area (Å²) in [4.78, 5) is 32.1. The molecule has 1 aromatic heterocycles. The number of para-hydroxylation sites is 1. The van der Waals surface area contributed by atoms with Crippen LogP contribution >= 0.6 is 11.3 Å². The molecule has 2 amide bonds. The lowest BCUT2D eigenvalue weighted by atomic mass is 10.1. The quantitative estimate of drug-likeness (QED) is 0.796. The minimum atomic E-state index is -0.224. The van der Waals surface area contributed by atoms with Crippen LogP contribution in [0.25, 0.3) is 0 Å². The fraction of sp³-hybridized carbons (Fsp3) is 0.400. The number of halogens is 1. The van der Waals surface area contributed by atoms with Crippen molar-refractivity contribution in [2.45, 2.75) is 19.9 Å². The molecule has 3 heterocycles. The van der Waals surface area contributed by atoms with E-state index in [1.54, 1.807) is 30.4 Å². The van der Waals surface area contributed by atoms with E-state index >= 15 is 0 Å². The average molecular weight is 387 g/mol. The van der Waals surface area contributed by atoms with Crippen LogP contribution in [0, 0.1) is 5.82 Å². The molecule has 0 spiro atoms. The van der Waals surface area contributed by atoms with Crippen molar-refractivity contribution < 1.29 is 14.0 Å². The predicted molar refractivity (Wildman–Crippen MR) is 104 cm³/mol. The number of benzene rings is 1. The van der Waals surface area contributed by atoms with E-state index in [4.69, 9.17) is 0 Å². The number of fused-ring (bicyclic) bond motifs is 1. The first kappa shape index (κ1) is 18.0. The number of rotatable bonds is 2. The van der Waals surface area contributed by atoms with Crippen molar-refractivity contribution in [1.82, 2.24) is 9.80 Å². The van der Waals surface area contributed by atoms with E-state index in [1.807, 2.05) is 26.8 Å². The molecule has 142 valence electrons. The molecule has 0 saturated carbocycles. The molecular weight excluding hydrogens is 365 g/mol. The van der Waals surface area contributed by atoms with Crippen LogP contribution in [0.5, 0.6) is 0 Å². The number of hydrogen-bond acceptors (Lipinski definition) is 4. The van der Waals surface area contributed by atoms with Crippen LogP contribution in [0.4, 0.5) is 10.1 Å². The van der Waals surface area contributed by atoms with Crippen molar-refractivity contribution >= 4 is 28.8 Å². The second kappa shape index (κ2) is 7.31. The second-order valence-corrected chi connectivity index (χ2v) is 8.12. The van der Waals surface area contributed by atoms with Crippen LogP contribution < -0.4 is 4.90 Å². The van der Waals surface area contributed by atoms with Gasteiger partial charge in [-0.25, -0.2) is 4.39 Å². The first-order chi connectivity index (χ1) is 13.0. The summed E-state index contributed by atoms with van der Waals surface area (Å²) in [5.41, 5.74) is 1.69. The van der Waals surface area contributed by atoms with Gasteiger partial charge in [-0.1, -0.05) is 12.1 Å². The van der Waals surface area contributed by atoms with Gasteiger partial charge in [0, 0.05) is 51.1 Å². The Morgan fingerprint density at radius 1 is 1.04 bits per heavy atom. The Kier molecular flexibility index (Phi) is 4.86. The molecule has 1 saturated heterocycles. The van der Waals surface area contributed by atoms with Gasteiger partial charge >= 0.3 is 0 Å². The van der Waals surface area contributed by atoms with Gasteiger partial charge in [0.05, 0.1) is 10.6 Å². The second-order valence-electron chi connectivity index (χ2n) is 6.98. The van der Waals surface area contributed by atoms with Crippen LogP contribution in [-0.2, 0) is 17.8 Å². The number of carbonyl (C=O) groups excluding carboxylic acids is 2. The molecule has 2 aromatic rings. The molecule has 2 aliphatic heterocycles. The van der Waals surface area contributed by atoms with Gasteiger partial charge in [-0.05, 0) is 30.2 Å². The smallest absolute Gasteiger partial charge is 0.264 e. The zero-order valence-corrected chi connectivity index (χ0v) is 16.1. The average Bonchev–Trinajstić information content (AvgIpc) is 3.11. The predicted octanol–water partition coefficient (Wildman–Crippen LogP) is 2.75. The molecule has 2 aliphatic rings. The maximum atomic E-state index is 14.0. The first-order valence-corrected chi connectivity index (χ1v) is 10.0. The molecule has 0 N–H and O–H groups in total. The maximum absolute atomic E-state index is 14.0. The fourth-order valence-electron chi connectivity index (χ4n) is 3.72. The van der Waals surface area contributed by atoms with Gasteiger partial charge in [0.15, 0.2) is 0 Å². The van der Waals surface area contributed by atoms with Crippen molar-refractivity contribution in [3.63, 3.8) is 0 Å². The Labute approximate surface area is 162 Å². The van der Waals surface area contributed by atoms with E-state index in [0.717, 1.165) is 23.4 Å². The summed E-state index contributed by atoms with van der Waals surface area (Å²) in [6.45, 7) is 5.29. The van der Waals surface area contributed by atoms with E-state index in [1.165, 1.54) is 10.9 Å². The van der Waals surface area contributed by atoms with Gasteiger partial charge in [0.2, 0.25) is 5.91 Å². The molecular formula is C20H22FN3O2S. The normalized spacial score (nSPS) is 17.0. The third kappa shape index (κ3) is 3.56. The molecule has 0 unspecified atom stereocenters. The Bertz CT molecular complexity index is 874. The highest BCUT2D eigenvalue weighted by Gasteiger charge is 2.27. The number of amides is 2. The van der Waals surface area contributed by atoms with Gasteiger partial charge in [0.1, 0.15) is 5.82 Å². The monoisotopic (exact) mass is 387 g/mol. The zero-order chi connectivity index (χ0) is 19.0. The lowest BCUT2D eigenvalue weighted by Gasteiger charge is -2.36. The van der Waals surface area contributed by atoms with E-state index in [-0.39, 0.29) is 17.6 Å². The van der Waals surface area contributed by atoms with Gasteiger partial charge in [-0.15, -0.1) is 11.3 Å². The molecule has 0 bridgehead atoms. The lowest BCUT2D eigenvalue weighted by molar-refractivity contribution is -0.129. The molecule has 4 rings (SSSR count). The number of piperazine rings is 1. The highest BCUT2D eigenvalue weighted by molar-refractivity contribution is 7.14. The van der Waals surface area contributed by atoms with Crippen LogP contribution in [-0.4, -0.2) is 54.3 Å². The lowest BCUT2D eigenvalue weighted by Crippen LogP contribution is -2.48. The minimum absolute atomic E-state index is 0.0389. The van der Waals surface area contributed by atoms with Crippen LogP contribution in [0.1, 0.15) is 27.0 Å². The minimum Gasteiger partial charge on any atom is -0.366 e. The molecule has 0 radical (unpaired) electrons. The van der Waals surface area contributed by atoms with E-state index in [0.29, 0.717) is 38.4 Å². The number of nitrogens with zero attached hydrogens (tertiary/aromatic N) is 3. The summed E-state index contributed by atoms with van der Waals surface area (Å²) in [7, 11) is 0. The molecule has 0 atom stereocenters. The van der Waals surface area contributed by atoms with E-state index < -0.39 is 0 Å². The zero-order valence-electron chi connectivity index (χ0n) is 15.3. The van der Waals surface area contributed by atoms with Gasteiger partial charge in [-0.2, -0.15) is 0 Å². The van der Waals surface area contributed by atoms with Crippen molar-refractivity contribution in [2.24, 2.45) is 0 Å². The summed E-state index contributed by atoms with van der Waals surface area (Å²) in [5.74, 6) is -0.112. The molecule has 1 fully saturated rings. The molecule has 5 nitrogen and oxygen atoms in total. The van der Waals surface area contributed by atoms with Gasteiger partial charge in [-0.3, -0.25) is 9.59 Å². The summed E-state index contributed by atoms with van der Waals surface area (Å²) in [6, 6.07) is 8.70. The number of thiophene rings is 1. The summed E-state index contributed by atoms with van der Waals surface area (Å²) < 4.78 is 14.0.